The first-order valence-corrected chi connectivity index (χ1v) is 7.41. The van der Waals surface area contributed by atoms with Crippen LogP contribution in [0.25, 0.3) is 0 Å². The smallest absolute Gasteiger partial charge is 0.269 e. The third kappa shape index (κ3) is 3.05. The summed E-state index contributed by atoms with van der Waals surface area (Å²) in [4.78, 5) is 10.4. The lowest BCUT2D eigenvalue weighted by Gasteiger charge is -2.26. The Morgan fingerprint density at radius 1 is 1.32 bits per heavy atom. The molecule has 3 rings (SSSR count). The van der Waals surface area contributed by atoms with Gasteiger partial charge in [0, 0.05) is 41.7 Å². The van der Waals surface area contributed by atoms with Gasteiger partial charge in [0.05, 0.1) is 11.5 Å². The Labute approximate surface area is 133 Å². The fourth-order valence-electron chi connectivity index (χ4n) is 2.60. The Morgan fingerprint density at radius 3 is 2.95 bits per heavy atom. The van der Waals surface area contributed by atoms with E-state index >= 15 is 0 Å². The summed E-state index contributed by atoms with van der Waals surface area (Å²) >= 11 is 6.13. The highest BCUT2D eigenvalue weighted by molar-refractivity contribution is 6.31. The highest BCUT2D eigenvalue weighted by Gasteiger charge is 2.21. The van der Waals surface area contributed by atoms with Crippen molar-refractivity contribution < 1.29 is 9.66 Å². The summed E-state index contributed by atoms with van der Waals surface area (Å²) < 4.78 is 5.62. The Kier molecular flexibility index (Phi) is 4.27. The Morgan fingerprint density at radius 2 is 2.14 bits per heavy atom. The summed E-state index contributed by atoms with van der Waals surface area (Å²) in [7, 11) is 0. The van der Waals surface area contributed by atoms with Gasteiger partial charge >= 0.3 is 0 Å². The number of non-ortho nitro benzene ring substituents is 1. The number of para-hydroxylation sites is 1. The SMILES string of the molecule is O=[N+]([O-])c1ccc(Cl)c(CNC2CCOc3ccccc32)c1. The standard InChI is InChI=1S/C16H15ClN2O3/c17-14-6-5-12(19(20)21)9-11(14)10-18-15-7-8-22-16-4-2-1-3-13(15)16/h1-6,9,15,18H,7-8,10H2. The molecule has 0 aromatic heterocycles. The molecule has 6 heteroatoms. The molecule has 1 aliphatic heterocycles. The Hall–Kier alpha value is -2.11. The Bertz CT molecular complexity index is 706. The monoisotopic (exact) mass is 318 g/mol. The predicted octanol–water partition coefficient (Wildman–Crippen LogP) is 3.86. The van der Waals surface area contributed by atoms with Crippen molar-refractivity contribution in [3.05, 3.63) is 68.7 Å². The van der Waals surface area contributed by atoms with Crippen molar-refractivity contribution in [3.63, 3.8) is 0 Å². The maximum absolute atomic E-state index is 10.9. The lowest BCUT2D eigenvalue weighted by Crippen LogP contribution is -2.26. The van der Waals surface area contributed by atoms with Crippen molar-refractivity contribution in [1.29, 1.82) is 0 Å². The van der Waals surface area contributed by atoms with E-state index in [1.165, 1.54) is 12.1 Å². The van der Waals surface area contributed by atoms with Crippen LogP contribution in [0.1, 0.15) is 23.6 Å². The molecule has 5 nitrogen and oxygen atoms in total. The summed E-state index contributed by atoms with van der Waals surface area (Å²) in [5, 5.41) is 14.8. The van der Waals surface area contributed by atoms with Gasteiger partial charge in [-0.25, -0.2) is 0 Å². The number of fused-ring (bicyclic) bond motifs is 1. The van der Waals surface area contributed by atoms with E-state index in [1.54, 1.807) is 6.07 Å². The second kappa shape index (κ2) is 6.34. The van der Waals surface area contributed by atoms with Crippen molar-refractivity contribution in [2.45, 2.75) is 19.0 Å². The van der Waals surface area contributed by atoms with Gasteiger partial charge in [0.15, 0.2) is 0 Å². The normalized spacial score (nSPS) is 16.7. The third-order valence-corrected chi connectivity index (χ3v) is 4.11. The summed E-state index contributed by atoms with van der Waals surface area (Å²) in [5.74, 6) is 0.886. The number of nitro benzene ring substituents is 1. The molecular formula is C16H15ClN2O3. The van der Waals surface area contributed by atoms with Gasteiger partial charge in [0.25, 0.3) is 5.69 Å². The lowest BCUT2D eigenvalue weighted by molar-refractivity contribution is -0.384. The number of ether oxygens (including phenoxy) is 1. The first kappa shape index (κ1) is 14.8. The molecule has 1 heterocycles. The molecule has 1 unspecified atom stereocenters. The molecule has 114 valence electrons. The first-order chi connectivity index (χ1) is 10.6. The quantitative estimate of drug-likeness (QED) is 0.686. The van der Waals surface area contributed by atoms with Gasteiger partial charge in [-0.15, -0.1) is 0 Å². The van der Waals surface area contributed by atoms with Crippen molar-refractivity contribution in [2.75, 3.05) is 6.61 Å². The number of nitro groups is 1. The van der Waals surface area contributed by atoms with Crippen LogP contribution in [-0.4, -0.2) is 11.5 Å². The minimum absolute atomic E-state index is 0.0496. The van der Waals surface area contributed by atoms with E-state index in [4.69, 9.17) is 16.3 Å². The minimum atomic E-state index is -0.413. The van der Waals surface area contributed by atoms with Crippen LogP contribution < -0.4 is 10.1 Å². The van der Waals surface area contributed by atoms with Crippen LogP contribution in [0.2, 0.25) is 5.02 Å². The summed E-state index contributed by atoms with van der Waals surface area (Å²) in [6, 6.07) is 12.5. The number of nitrogens with one attached hydrogen (secondary N) is 1. The molecule has 0 saturated carbocycles. The molecule has 0 radical (unpaired) electrons. The number of rotatable bonds is 4. The van der Waals surface area contributed by atoms with Crippen LogP contribution in [0.4, 0.5) is 5.69 Å². The molecule has 0 bridgehead atoms. The van der Waals surface area contributed by atoms with E-state index in [9.17, 15) is 10.1 Å². The number of nitrogens with zero attached hydrogens (tertiary/aromatic N) is 1. The average Bonchev–Trinajstić information content (AvgIpc) is 2.54. The van der Waals surface area contributed by atoms with Crippen LogP contribution in [0.3, 0.4) is 0 Å². The van der Waals surface area contributed by atoms with Crippen LogP contribution in [0, 0.1) is 10.1 Å². The number of halogens is 1. The molecule has 2 aromatic rings. The van der Waals surface area contributed by atoms with Gasteiger partial charge in [-0.05, 0) is 17.7 Å². The third-order valence-electron chi connectivity index (χ3n) is 3.74. The highest BCUT2D eigenvalue weighted by atomic mass is 35.5. The zero-order valence-electron chi connectivity index (χ0n) is 11.8. The number of benzene rings is 2. The highest BCUT2D eigenvalue weighted by Crippen LogP contribution is 2.32. The molecule has 0 fully saturated rings. The van der Waals surface area contributed by atoms with Crippen molar-refractivity contribution in [1.82, 2.24) is 5.32 Å². The molecule has 1 N–H and O–H groups in total. The van der Waals surface area contributed by atoms with E-state index < -0.39 is 4.92 Å². The fourth-order valence-corrected chi connectivity index (χ4v) is 2.78. The molecule has 0 saturated heterocycles. The number of hydrogen-bond donors (Lipinski definition) is 1. The van der Waals surface area contributed by atoms with E-state index in [0.29, 0.717) is 18.2 Å². The molecule has 0 amide bonds. The van der Waals surface area contributed by atoms with Gasteiger partial charge in [0.1, 0.15) is 5.75 Å². The van der Waals surface area contributed by atoms with Crippen LogP contribution in [0.15, 0.2) is 42.5 Å². The van der Waals surface area contributed by atoms with Gasteiger partial charge in [-0.2, -0.15) is 0 Å². The second-order valence-corrected chi connectivity index (χ2v) is 5.55. The van der Waals surface area contributed by atoms with Crippen LogP contribution in [-0.2, 0) is 6.54 Å². The van der Waals surface area contributed by atoms with Crippen LogP contribution >= 0.6 is 11.6 Å². The van der Waals surface area contributed by atoms with E-state index in [0.717, 1.165) is 23.3 Å². The van der Waals surface area contributed by atoms with Gasteiger partial charge < -0.3 is 10.1 Å². The van der Waals surface area contributed by atoms with E-state index in [1.807, 2.05) is 24.3 Å². The molecule has 22 heavy (non-hydrogen) atoms. The molecule has 1 atom stereocenters. The zero-order chi connectivity index (χ0) is 15.5. The van der Waals surface area contributed by atoms with Gasteiger partial charge in [-0.1, -0.05) is 29.8 Å². The second-order valence-electron chi connectivity index (χ2n) is 5.14. The summed E-state index contributed by atoms with van der Waals surface area (Å²) in [6.07, 6.45) is 0.851. The summed E-state index contributed by atoms with van der Waals surface area (Å²) in [5.41, 5.74) is 1.88. The van der Waals surface area contributed by atoms with Crippen molar-refractivity contribution in [2.24, 2.45) is 0 Å². The first-order valence-electron chi connectivity index (χ1n) is 7.03. The van der Waals surface area contributed by atoms with E-state index in [-0.39, 0.29) is 11.7 Å². The van der Waals surface area contributed by atoms with Crippen LogP contribution in [0.5, 0.6) is 5.75 Å². The van der Waals surface area contributed by atoms with Crippen molar-refractivity contribution in [3.8, 4) is 5.75 Å². The lowest BCUT2D eigenvalue weighted by atomic mass is 10.0. The molecule has 0 spiro atoms. The Balaban J connectivity index is 1.76. The largest absolute Gasteiger partial charge is 0.493 e. The maximum atomic E-state index is 10.9. The fraction of sp³-hybridized carbons (Fsp3) is 0.250. The van der Waals surface area contributed by atoms with Crippen molar-refractivity contribution >= 4 is 17.3 Å². The molecule has 2 aromatic carbocycles. The average molecular weight is 319 g/mol. The van der Waals surface area contributed by atoms with Gasteiger partial charge in [-0.3, -0.25) is 10.1 Å². The summed E-state index contributed by atoms with van der Waals surface area (Å²) in [6.45, 7) is 1.12. The zero-order valence-corrected chi connectivity index (χ0v) is 12.5. The molecular weight excluding hydrogens is 304 g/mol. The topological polar surface area (TPSA) is 64.4 Å². The van der Waals surface area contributed by atoms with E-state index in [2.05, 4.69) is 5.32 Å². The molecule has 0 aliphatic carbocycles. The minimum Gasteiger partial charge on any atom is -0.493 e. The number of hydrogen-bond acceptors (Lipinski definition) is 4. The molecule has 1 aliphatic rings. The van der Waals surface area contributed by atoms with Gasteiger partial charge in [0.2, 0.25) is 0 Å². The predicted molar refractivity (Wildman–Crippen MR) is 84.2 cm³/mol. The maximum Gasteiger partial charge on any atom is 0.269 e.